The smallest absolute Gasteiger partial charge is 0.269 e. The van der Waals surface area contributed by atoms with Gasteiger partial charge in [-0.2, -0.15) is 0 Å². The van der Waals surface area contributed by atoms with Crippen molar-refractivity contribution in [2.75, 3.05) is 7.11 Å². The standard InChI is InChI=1S/C16H12ClNO3S/c1-21-10-6-7-14-12(8-10)13(9-17)16-11-4-2-3-5-15(11)22(19,20)18(14)16/h2-8H,9H2,1H3. The van der Waals surface area contributed by atoms with Crippen LogP contribution in [0.15, 0.2) is 47.4 Å². The third kappa shape index (κ3) is 1.55. The first kappa shape index (κ1) is 13.7. The highest BCUT2D eigenvalue weighted by molar-refractivity contribution is 7.90. The summed E-state index contributed by atoms with van der Waals surface area (Å²) in [5, 5.41) is 0.808. The van der Waals surface area contributed by atoms with Gasteiger partial charge in [-0.05, 0) is 24.3 Å². The molecule has 0 spiro atoms. The van der Waals surface area contributed by atoms with E-state index in [0.717, 1.165) is 10.9 Å². The Morgan fingerprint density at radius 1 is 1.18 bits per heavy atom. The second-order valence-corrected chi connectivity index (χ2v) is 7.13. The van der Waals surface area contributed by atoms with Crippen LogP contribution in [0.1, 0.15) is 5.56 Å². The molecular weight excluding hydrogens is 322 g/mol. The molecule has 6 heteroatoms. The number of rotatable bonds is 2. The Balaban J connectivity index is 2.23. The molecule has 4 rings (SSSR count). The van der Waals surface area contributed by atoms with E-state index in [0.29, 0.717) is 27.4 Å². The summed E-state index contributed by atoms with van der Waals surface area (Å²) in [5.41, 5.74) is 2.80. The zero-order valence-corrected chi connectivity index (χ0v) is 13.3. The summed E-state index contributed by atoms with van der Waals surface area (Å²) in [6.07, 6.45) is 0. The van der Waals surface area contributed by atoms with E-state index in [2.05, 4.69) is 0 Å². The Morgan fingerprint density at radius 3 is 2.68 bits per heavy atom. The zero-order chi connectivity index (χ0) is 15.5. The molecule has 2 heterocycles. The van der Waals surface area contributed by atoms with Crippen molar-refractivity contribution in [3.63, 3.8) is 0 Å². The van der Waals surface area contributed by atoms with E-state index in [9.17, 15) is 8.42 Å². The minimum atomic E-state index is -3.58. The Labute approximate surface area is 132 Å². The first-order valence-corrected chi connectivity index (χ1v) is 8.69. The average Bonchev–Trinajstić information content (AvgIpc) is 2.99. The fourth-order valence-electron chi connectivity index (χ4n) is 3.07. The van der Waals surface area contributed by atoms with E-state index in [-0.39, 0.29) is 5.88 Å². The van der Waals surface area contributed by atoms with E-state index in [1.165, 1.54) is 3.97 Å². The summed E-state index contributed by atoms with van der Waals surface area (Å²) in [5.74, 6) is 0.907. The number of aromatic nitrogens is 1. The first-order valence-electron chi connectivity index (χ1n) is 6.72. The van der Waals surface area contributed by atoms with Crippen LogP contribution in [0.3, 0.4) is 0 Å². The van der Waals surface area contributed by atoms with Gasteiger partial charge in [-0.15, -0.1) is 11.6 Å². The van der Waals surface area contributed by atoms with Crippen LogP contribution in [0.4, 0.5) is 0 Å². The van der Waals surface area contributed by atoms with Crippen LogP contribution in [0, 0.1) is 0 Å². The minimum absolute atomic E-state index is 0.232. The number of ether oxygens (including phenoxy) is 1. The van der Waals surface area contributed by atoms with Crippen LogP contribution in [-0.4, -0.2) is 19.5 Å². The van der Waals surface area contributed by atoms with Gasteiger partial charge < -0.3 is 4.74 Å². The molecule has 0 amide bonds. The fraction of sp³-hybridized carbons (Fsp3) is 0.125. The van der Waals surface area contributed by atoms with E-state index in [4.69, 9.17) is 16.3 Å². The molecule has 1 aliphatic heterocycles. The number of hydrogen-bond donors (Lipinski definition) is 0. The molecular formula is C16H12ClNO3S. The summed E-state index contributed by atoms with van der Waals surface area (Å²) in [4.78, 5) is 0.328. The summed E-state index contributed by atoms with van der Waals surface area (Å²) in [6, 6.07) is 12.4. The topological polar surface area (TPSA) is 48.3 Å². The van der Waals surface area contributed by atoms with Gasteiger partial charge in [0.25, 0.3) is 10.0 Å². The van der Waals surface area contributed by atoms with E-state index in [1.54, 1.807) is 31.4 Å². The predicted molar refractivity (Wildman–Crippen MR) is 86.1 cm³/mol. The number of benzene rings is 2. The van der Waals surface area contributed by atoms with Gasteiger partial charge in [0.2, 0.25) is 0 Å². The highest BCUT2D eigenvalue weighted by Gasteiger charge is 2.36. The molecule has 0 atom stereocenters. The van der Waals surface area contributed by atoms with Gasteiger partial charge in [-0.25, -0.2) is 12.4 Å². The molecule has 1 aromatic heterocycles. The summed E-state index contributed by atoms with van der Waals surface area (Å²) >= 11 is 6.14. The van der Waals surface area contributed by atoms with Gasteiger partial charge in [0.15, 0.2) is 0 Å². The number of nitrogens with zero attached hydrogens (tertiary/aromatic N) is 1. The predicted octanol–water partition coefficient (Wildman–Crippen LogP) is 3.61. The first-order chi connectivity index (χ1) is 10.6. The number of methoxy groups -OCH3 is 1. The quantitative estimate of drug-likeness (QED) is 0.526. The lowest BCUT2D eigenvalue weighted by Crippen LogP contribution is -2.07. The van der Waals surface area contributed by atoms with E-state index < -0.39 is 10.0 Å². The number of hydrogen-bond acceptors (Lipinski definition) is 3. The maximum atomic E-state index is 12.9. The summed E-state index contributed by atoms with van der Waals surface area (Å²) in [7, 11) is -2.00. The van der Waals surface area contributed by atoms with Gasteiger partial charge >= 0.3 is 0 Å². The molecule has 4 nitrogen and oxygen atoms in total. The third-order valence-corrected chi connectivity index (χ3v) is 6.07. The summed E-state index contributed by atoms with van der Waals surface area (Å²) < 4.78 is 32.4. The third-order valence-electron chi connectivity index (χ3n) is 4.03. The molecule has 0 unspecified atom stereocenters. The van der Waals surface area contributed by atoms with Crippen LogP contribution in [0.5, 0.6) is 5.75 Å². The Morgan fingerprint density at radius 2 is 1.95 bits per heavy atom. The normalized spacial score (nSPS) is 14.8. The van der Waals surface area contributed by atoms with Crippen molar-refractivity contribution in [2.45, 2.75) is 10.8 Å². The molecule has 22 heavy (non-hydrogen) atoms. The molecule has 3 aromatic rings. The fourth-order valence-corrected chi connectivity index (χ4v) is 5.10. The van der Waals surface area contributed by atoms with Gasteiger partial charge in [0.05, 0.1) is 29.1 Å². The van der Waals surface area contributed by atoms with Crippen molar-refractivity contribution in [1.82, 2.24) is 3.97 Å². The molecule has 0 radical (unpaired) electrons. The second-order valence-electron chi connectivity index (χ2n) is 5.11. The lowest BCUT2D eigenvalue weighted by Gasteiger charge is -2.04. The van der Waals surface area contributed by atoms with Gasteiger partial charge in [0, 0.05) is 16.5 Å². The van der Waals surface area contributed by atoms with Crippen LogP contribution in [-0.2, 0) is 15.9 Å². The lowest BCUT2D eigenvalue weighted by atomic mass is 10.1. The van der Waals surface area contributed by atoms with Crippen molar-refractivity contribution >= 4 is 32.5 Å². The maximum Gasteiger partial charge on any atom is 0.269 e. The van der Waals surface area contributed by atoms with Crippen molar-refractivity contribution < 1.29 is 13.2 Å². The maximum absolute atomic E-state index is 12.9. The zero-order valence-electron chi connectivity index (χ0n) is 11.7. The summed E-state index contributed by atoms with van der Waals surface area (Å²) in [6.45, 7) is 0. The minimum Gasteiger partial charge on any atom is -0.497 e. The van der Waals surface area contributed by atoms with Crippen molar-refractivity contribution in [3.05, 3.63) is 48.0 Å². The van der Waals surface area contributed by atoms with Gasteiger partial charge in [-0.1, -0.05) is 18.2 Å². The second kappa shape index (κ2) is 4.51. The van der Waals surface area contributed by atoms with Gasteiger partial charge in [-0.3, -0.25) is 0 Å². The average molecular weight is 334 g/mol. The lowest BCUT2D eigenvalue weighted by molar-refractivity contribution is 0.415. The van der Waals surface area contributed by atoms with E-state index >= 15 is 0 Å². The van der Waals surface area contributed by atoms with Crippen molar-refractivity contribution in [2.24, 2.45) is 0 Å². The number of halogens is 1. The molecule has 0 saturated heterocycles. The van der Waals surface area contributed by atoms with Crippen molar-refractivity contribution in [3.8, 4) is 17.0 Å². The highest BCUT2D eigenvalue weighted by atomic mass is 35.5. The molecule has 0 aliphatic carbocycles. The van der Waals surface area contributed by atoms with Crippen LogP contribution in [0.25, 0.3) is 22.2 Å². The number of alkyl halides is 1. The van der Waals surface area contributed by atoms with Crippen LogP contribution >= 0.6 is 11.6 Å². The molecule has 0 bridgehead atoms. The monoisotopic (exact) mass is 333 g/mol. The van der Waals surface area contributed by atoms with Crippen LogP contribution in [0.2, 0.25) is 0 Å². The van der Waals surface area contributed by atoms with Crippen LogP contribution < -0.4 is 4.74 Å². The Bertz CT molecular complexity index is 1020. The molecule has 0 N–H and O–H groups in total. The SMILES string of the molecule is COc1ccc2c(c1)c(CCl)c1n2S(=O)(=O)c2ccccc2-1. The molecule has 0 fully saturated rings. The number of fused-ring (bicyclic) bond motifs is 5. The van der Waals surface area contributed by atoms with Crippen molar-refractivity contribution in [1.29, 1.82) is 0 Å². The largest absolute Gasteiger partial charge is 0.497 e. The highest BCUT2D eigenvalue weighted by Crippen LogP contribution is 2.45. The molecule has 112 valence electrons. The molecule has 2 aromatic carbocycles. The molecule has 1 aliphatic rings. The Kier molecular flexibility index (Phi) is 2.80. The molecule has 0 saturated carbocycles. The Hall–Kier alpha value is -1.98. The van der Waals surface area contributed by atoms with Gasteiger partial charge in [0.1, 0.15) is 5.75 Å². The van der Waals surface area contributed by atoms with E-state index in [1.807, 2.05) is 18.2 Å².